The molecule has 0 spiro atoms. The zero-order chi connectivity index (χ0) is 13.1. The number of hydroxylamine groups is 1. The summed E-state index contributed by atoms with van der Waals surface area (Å²) < 4.78 is 0. The summed E-state index contributed by atoms with van der Waals surface area (Å²) in [5, 5.41) is 19.5. The van der Waals surface area contributed by atoms with Crippen LogP contribution >= 0.6 is 0 Å². The molecule has 0 bridgehead atoms. The molecule has 2 heterocycles. The number of aromatic amines is 2. The molecule has 8 nitrogen and oxygen atoms in total. The molecule has 4 N–H and O–H groups in total. The van der Waals surface area contributed by atoms with E-state index in [0.717, 1.165) is 5.06 Å². The first kappa shape index (κ1) is 12.5. The molecule has 0 aromatic carbocycles. The minimum absolute atomic E-state index is 0.0461. The number of aromatic nitrogens is 4. The second-order valence-corrected chi connectivity index (χ2v) is 4.19. The van der Waals surface area contributed by atoms with Crippen molar-refractivity contribution in [2.45, 2.75) is 13.3 Å². The van der Waals surface area contributed by atoms with Gasteiger partial charge in [0.05, 0.1) is 6.33 Å². The third-order valence-electron chi connectivity index (χ3n) is 2.67. The molecule has 18 heavy (non-hydrogen) atoms. The highest BCUT2D eigenvalue weighted by atomic mass is 16.5. The van der Waals surface area contributed by atoms with Crippen LogP contribution in [0.2, 0.25) is 0 Å². The number of nitrogens with one attached hydrogen (secondary N) is 2. The van der Waals surface area contributed by atoms with Gasteiger partial charge in [-0.15, -0.1) is 0 Å². The smallest absolute Gasteiger partial charge is 0.278 e. The van der Waals surface area contributed by atoms with Crippen LogP contribution in [-0.4, -0.2) is 43.4 Å². The Bertz CT molecular complexity index is 578. The Morgan fingerprint density at radius 2 is 2.33 bits per heavy atom. The van der Waals surface area contributed by atoms with Crippen molar-refractivity contribution >= 4 is 17.1 Å². The van der Waals surface area contributed by atoms with E-state index < -0.39 is 0 Å². The molecule has 0 saturated carbocycles. The van der Waals surface area contributed by atoms with E-state index in [2.05, 4.69) is 19.9 Å². The van der Waals surface area contributed by atoms with Crippen molar-refractivity contribution in [3.05, 3.63) is 16.7 Å². The van der Waals surface area contributed by atoms with Crippen molar-refractivity contribution in [2.75, 3.05) is 18.2 Å². The average molecular weight is 253 g/mol. The summed E-state index contributed by atoms with van der Waals surface area (Å²) in [5.74, 6) is 0.116. The van der Waals surface area contributed by atoms with Gasteiger partial charge in [0.25, 0.3) is 5.56 Å². The second-order valence-electron chi connectivity index (χ2n) is 4.19. The topological polar surface area (TPSA) is 118 Å². The lowest BCUT2D eigenvalue weighted by Gasteiger charge is -2.16. The van der Waals surface area contributed by atoms with E-state index in [9.17, 15) is 10.0 Å². The summed E-state index contributed by atoms with van der Waals surface area (Å²) >= 11 is 0. The molecule has 8 heteroatoms. The highest BCUT2D eigenvalue weighted by Gasteiger charge is 2.11. The molecule has 2 rings (SSSR count). The normalized spacial score (nSPS) is 12.8. The number of fused-ring (bicyclic) bond motifs is 1. The third-order valence-corrected chi connectivity index (χ3v) is 2.67. The molecule has 1 atom stereocenters. The number of aliphatic hydroxyl groups is 1. The number of imidazole rings is 1. The Kier molecular flexibility index (Phi) is 3.58. The van der Waals surface area contributed by atoms with Gasteiger partial charge in [-0.05, 0) is 12.3 Å². The lowest BCUT2D eigenvalue weighted by atomic mass is 10.1. The SMILES string of the molecule is CC(CO)CCN(O)c1nc2nc[nH]c2c(=O)[nH]1. The summed E-state index contributed by atoms with van der Waals surface area (Å²) in [6.07, 6.45) is 1.95. The molecule has 98 valence electrons. The van der Waals surface area contributed by atoms with Crippen LogP contribution in [0.15, 0.2) is 11.1 Å². The summed E-state index contributed by atoms with van der Waals surface area (Å²) in [6.45, 7) is 2.18. The van der Waals surface area contributed by atoms with Gasteiger partial charge in [-0.1, -0.05) is 6.92 Å². The van der Waals surface area contributed by atoms with Crippen LogP contribution in [-0.2, 0) is 0 Å². The number of nitrogens with zero attached hydrogens (tertiary/aromatic N) is 3. The van der Waals surface area contributed by atoms with E-state index in [-0.39, 0.29) is 41.7 Å². The Balaban J connectivity index is 2.17. The van der Waals surface area contributed by atoms with E-state index in [1.54, 1.807) is 0 Å². The molecule has 0 amide bonds. The lowest BCUT2D eigenvalue weighted by molar-refractivity contribution is 0.204. The van der Waals surface area contributed by atoms with Gasteiger partial charge in [0, 0.05) is 13.2 Å². The molecule has 0 aliphatic heterocycles. The first-order valence-electron chi connectivity index (χ1n) is 5.62. The maximum absolute atomic E-state index is 11.6. The van der Waals surface area contributed by atoms with Gasteiger partial charge in [0.1, 0.15) is 0 Å². The van der Waals surface area contributed by atoms with E-state index in [0.29, 0.717) is 6.42 Å². The number of H-pyrrole nitrogens is 2. The van der Waals surface area contributed by atoms with Gasteiger partial charge < -0.3 is 10.1 Å². The van der Waals surface area contributed by atoms with Crippen LogP contribution in [0.3, 0.4) is 0 Å². The van der Waals surface area contributed by atoms with Crippen LogP contribution in [0.4, 0.5) is 5.95 Å². The fraction of sp³-hybridized carbons (Fsp3) is 0.500. The summed E-state index contributed by atoms with van der Waals surface area (Å²) in [4.78, 5) is 24.6. The van der Waals surface area contributed by atoms with Crippen molar-refractivity contribution in [2.24, 2.45) is 5.92 Å². The number of aliphatic hydroxyl groups excluding tert-OH is 1. The van der Waals surface area contributed by atoms with Crippen molar-refractivity contribution in [1.29, 1.82) is 0 Å². The zero-order valence-corrected chi connectivity index (χ0v) is 9.92. The third kappa shape index (κ3) is 2.49. The molecule has 0 saturated heterocycles. The highest BCUT2D eigenvalue weighted by molar-refractivity contribution is 5.69. The number of rotatable bonds is 5. The summed E-state index contributed by atoms with van der Waals surface area (Å²) in [6, 6.07) is 0. The van der Waals surface area contributed by atoms with Gasteiger partial charge in [-0.2, -0.15) is 4.98 Å². The van der Waals surface area contributed by atoms with Crippen LogP contribution < -0.4 is 10.6 Å². The lowest BCUT2D eigenvalue weighted by Crippen LogP contribution is -2.26. The Hall–Kier alpha value is -1.93. The number of hydrogen-bond acceptors (Lipinski definition) is 6. The highest BCUT2D eigenvalue weighted by Crippen LogP contribution is 2.09. The van der Waals surface area contributed by atoms with Crippen LogP contribution in [0.25, 0.3) is 11.2 Å². The monoisotopic (exact) mass is 253 g/mol. The molecule has 2 aromatic heterocycles. The van der Waals surface area contributed by atoms with Crippen LogP contribution in [0, 0.1) is 5.92 Å². The zero-order valence-electron chi connectivity index (χ0n) is 9.92. The summed E-state index contributed by atoms with van der Waals surface area (Å²) in [7, 11) is 0. The molecular weight excluding hydrogens is 238 g/mol. The molecular formula is C10H15N5O3. The van der Waals surface area contributed by atoms with E-state index in [1.165, 1.54) is 6.33 Å². The molecule has 0 radical (unpaired) electrons. The maximum atomic E-state index is 11.6. The standard InChI is InChI=1S/C10H15N5O3/c1-6(4-16)2-3-15(18)10-13-8-7(9(17)14-10)11-5-12-8/h5-6,16,18H,2-4H2,1H3,(H2,11,12,13,14,17). The predicted octanol–water partition coefficient (Wildman–Crippen LogP) is -0.140. The fourth-order valence-electron chi connectivity index (χ4n) is 1.49. The fourth-order valence-corrected chi connectivity index (χ4v) is 1.49. The first-order chi connectivity index (χ1) is 8.61. The van der Waals surface area contributed by atoms with Crippen LogP contribution in [0.5, 0.6) is 0 Å². The van der Waals surface area contributed by atoms with Crippen molar-refractivity contribution in [1.82, 2.24) is 19.9 Å². The van der Waals surface area contributed by atoms with Gasteiger partial charge >= 0.3 is 0 Å². The second kappa shape index (κ2) is 5.15. The van der Waals surface area contributed by atoms with Gasteiger partial charge in [0.15, 0.2) is 11.2 Å². The predicted molar refractivity (Wildman–Crippen MR) is 64.5 cm³/mol. The van der Waals surface area contributed by atoms with E-state index in [1.807, 2.05) is 6.92 Å². The minimum atomic E-state index is -0.387. The number of hydrogen-bond donors (Lipinski definition) is 4. The first-order valence-corrected chi connectivity index (χ1v) is 5.62. The van der Waals surface area contributed by atoms with Crippen LogP contribution in [0.1, 0.15) is 13.3 Å². The Morgan fingerprint density at radius 1 is 1.56 bits per heavy atom. The van der Waals surface area contributed by atoms with Gasteiger partial charge in [-0.3, -0.25) is 15.0 Å². The molecule has 0 aliphatic rings. The Morgan fingerprint density at radius 3 is 3.06 bits per heavy atom. The van der Waals surface area contributed by atoms with E-state index in [4.69, 9.17) is 5.11 Å². The van der Waals surface area contributed by atoms with E-state index >= 15 is 0 Å². The molecule has 0 aliphatic carbocycles. The summed E-state index contributed by atoms with van der Waals surface area (Å²) in [5.41, 5.74) is 0.139. The molecule has 1 unspecified atom stereocenters. The molecule has 2 aromatic rings. The van der Waals surface area contributed by atoms with Gasteiger partial charge in [-0.25, -0.2) is 10.0 Å². The minimum Gasteiger partial charge on any atom is -0.396 e. The van der Waals surface area contributed by atoms with Crippen molar-refractivity contribution in [3.8, 4) is 0 Å². The Labute approximate surface area is 102 Å². The van der Waals surface area contributed by atoms with Gasteiger partial charge in [0.2, 0.25) is 5.95 Å². The average Bonchev–Trinajstić information content (AvgIpc) is 2.84. The quantitative estimate of drug-likeness (QED) is 0.551. The maximum Gasteiger partial charge on any atom is 0.278 e. The molecule has 0 fully saturated rings. The largest absolute Gasteiger partial charge is 0.396 e. The number of anilines is 1. The van der Waals surface area contributed by atoms with Crippen molar-refractivity contribution < 1.29 is 10.3 Å². The van der Waals surface area contributed by atoms with Crippen molar-refractivity contribution in [3.63, 3.8) is 0 Å².